The number of nitrogens with zero attached hydrogens (tertiary/aromatic N) is 2. The van der Waals surface area contributed by atoms with Gasteiger partial charge < -0.3 is 9.79 Å². The van der Waals surface area contributed by atoms with Crippen molar-refractivity contribution in [1.29, 1.82) is 0 Å². The number of likely N-dealkylation sites (tertiary alicyclic amines) is 1. The molecular formula is C25H24ClF2N2O7P. The van der Waals surface area contributed by atoms with E-state index in [0.29, 0.717) is 21.6 Å². The van der Waals surface area contributed by atoms with Crippen LogP contribution in [0, 0.1) is 0 Å². The third-order valence-corrected chi connectivity index (χ3v) is 7.33. The summed E-state index contributed by atoms with van der Waals surface area (Å²) in [6.07, 6.45) is -0.396. The molecule has 9 nitrogen and oxygen atoms in total. The van der Waals surface area contributed by atoms with Crippen LogP contribution in [0.25, 0.3) is 0 Å². The molecule has 2 atom stereocenters. The van der Waals surface area contributed by atoms with E-state index in [1.165, 1.54) is 23.1 Å². The molecule has 0 aliphatic carbocycles. The van der Waals surface area contributed by atoms with E-state index in [-0.39, 0.29) is 30.8 Å². The smallest absolute Gasteiger partial charge is 0.324 e. The summed E-state index contributed by atoms with van der Waals surface area (Å²) < 4.78 is 45.3. The standard InChI is InChI=1S/C25H24ClF2N2O7P/c1-38(35,36)37-14-30-22(32)11-9-20(24(30)34)29-13-16-12-15(2-8-19(16)23(29)33)3-10-21(31)25(27,28)17-4-6-18(26)7-5-17/h2,4-8,12,20H,3,9-11,13-14H2,1H3,(H,35,36). The van der Waals surface area contributed by atoms with E-state index in [9.17, 15) is 37.4 Å². The number of aryl methyl sites for hydroxylation is 1. The largest absolute Gasteiger partial charge is 0.330 e. The highest BCUT2D eigenvalue weighted by Gasteiger charge is 2.43. The Balaban J connectivity index is 1.43. The fourth-order valence-corrected chi connectivity index (χ4v) is 4.91. The van der Waals surface area contributed by atoms with Gasteiger partial charge in [-0.2, -0.15) is 8.78 Å². The van der Waals surface area contributed by atoms with Gasteiger partial charge in [0.2, 0.25) is 11.7 Å². The van der Waals surface area contributed by atoms with Crippen molar-refractivity contribution in [3.05, 3.63) is 69.7 Å². The minimum absolute atomic E-state index is 0.0176. The van der Waals surface area contributed by atoms with E-state index in [0.717, 1.165) is 18.8 Å². The molecule has 0 saturated carbocycles. The number of carbonyl (C=O) groups excluding carboxylic acids is 4. The first-order chi connectivity index (χ1) is 17.8. The van der Waals surface area contributed by atoms with Crippen LogP contribution in [0.15, 0.2) is 42.5 Å². The summed E-state index contributed by atoms with van der Waals surface area (Å²) >= 11 is 5.73. The fourth-order valence-electron chi connectivity index (χ4n) is 4.45. The number of ketones is 1. The number of imide groups is 1. The molecule has 2 heterocycles. The molecule has 4 rings (SSSR count). The minimum atomic E-state index is -3.94. The first-order valence-electron chi connectivity index (χ1n) is 11.7. The molecule has 2 aromatic rings. The van der Waals surface area contributed by atoms with E-state index in [1.54, 1.807) is 12.1 Å². The van der Waals surface area contributed by atoms with Crippen molar-refractivity contribution in [2.45, 2.75) is 44.2 Å². The Bertz CT molecular complexity index is 1350. The Hall–Kier alpha value is -2.98. The van der Waals surface area contributed by atoms with Crippen LogP contribution < -0.4 is 0 Å². The molecule has 1 N–H and O–H groups in total. The van der Waals surface area contributed by atoms with Crippen molar-refractivity contribution in [2.24, 2.45) is 0 Å². The zero-order valence-electron chi connectivity index (χ0n) is 20.2. The van der Waals surface area contributed by atoms with Crippen LogP contribution in [-0.4, -0.2) is 57.6 Å². The normalized spacial score (nSPS) is 19.5. The molecule has 0 spiro atoms. The molecule has 3 amide bonds. The fraction of sp³-hybridized carbons (Fsp3) is 0.360. The van der Waals surface area contributed by atoms with Gasteiger partial charge in [-0.25, -0.2) is 0 Å². The summed E-state index contributed by atoms with van der Waals surface area (Å²) in [6.45, 7) is 0.267. The number of carbonyl (C=O) groups is 4. The maximum atomic E-state index is 14.6. The van der Waals surface area contributed by atoms with E-state index < -0.39 is 61.8 Å². The second-order valence-corrected chi connectivity index (χ2v) is 11.5. The lowest BCUT2D eigenvalue weighted by Crippen LogP contribution is -2.55. The van der Waals surface area contributed by atoms with E-state index >= 15 is 0 Å². The molecule has 202 valence electrons. The molecule has 2 aliphatic rings. The maximum Gasteiger partial charge on any atom is 0.330 e. The second-order valence-electron chi connectivity index (χ2n) is 9.20. The zero-order chi connectivity index (χ0) is 27.8. The van der Waals surface area contributed by atoms with Crippen LogP contribution in [0.1, 0.15) is 46.3 Å². The molecule has 0 bridgehead atoms. The van der Waals surface area contributed by atoms with Gasteiger partial charge in [0.05, 0.1) is 0 Å². The number of halogens is 3. The Morgan fingerprint density at radius 3 is 2.53 bits per heavy atom. The molecule has 1 fully saturated rings. The van der Waals surface area contributed by atoms with Crippen LogP contribution in [0.2, 0.25) is 5.02 Å². The average Bonchev–Trinajstić information content (AvgIpc) is 3.17. The van der Waals surface area contributed by atoms with Gasteiger partial charge in [0, 0.05) is 42.2 Å². The highest BCUT2D eigenvalue weighted by molar-refractivity contribution is 7.51. The number of fused-ring (bicyclic) bond motifs is 1. The van der Waals surface area contributed by atoms with Crippen LogP contribution >= 0.6 is 19.2 Å². The van der Waals surface area contributed by atoms with Crippen molar-refractivity contribution >= 4 is 42.7 Å². The van der Waals surface area contributed by atoms with Crippen molar-refractivity contribution in [1.82, 2.24) is 9.80 Å². The number of rotatable bonds is 9. The third kappa shape index (κ3) is 5.86. The monoisotopic (exact) mass is 568 g/mol. The molecule has 2 aromatic carbocycles. The number of benzene rings is 2. The number of hydrogen-bond donors (Lipinski definition) is 1. The second kappa shape index (κ2) is 10.6. The number of Topliss-reactive ketones (excluding diaryl/α,β-unsaturated/α-hetero) is 1. The zero-order valence-corrected chi connectivity index (χ0v) is 21.9. The summed E-state index contributed by atoms with van der Waals surface area (Å²) in [4.78, 5) is 61.8. The first-order valence-corrected chi connectivity index (χ1v) is 14.1. The van der Waals surface area contributed by atoms with Gasteiger partial charge in [-0.05, 0) is 42.2 Å². The van der Waals surface area contributed by atoms with Crippen molar-refractivity contribution < 1.29 is 41.9 Å². The lowest BCUT2D eigenvalue weighted by atomic mass is 9.97. The number of alkyl halides is 2. The van der Waals surface area contributed by atoms with E-state index in [2.05, 4.69) is 0 Å². The highest BCUT2D eigenvalue weighted by Crippen LogP contribution is 2.37. The molecule has 2 unspecified atom stereocenters. The molecule has 0 aromatic heterocycles. The highest BCUT2D eigenvalue weighted by atomic mass is 35.5. The van der Waals surface area contributed by atoms with Crippen LogP contribution in [0.5, 0.6) is 0 Å². The quantitative estimate of drug-likeness (QED) is 0.360. The first kappa shape index (κ1) is 28.0. The molecular weight excluding hydrogens is 545 g/mol. The van der Waals surface area contributed by atoms with Gasteiger partial charge >= 0.3 is 13.5 Å². The van der Waals surface area contributed by atoms with Crippen LogP contribution in [-0.2, 0) is 42.4 Å². The molecule has 2 aliphatic heterocycles. The van der Waals surface area contributed by atoms with Gasteiger partial charge in [0.1, 0.15) is 12.8 Å². The number of piperidine rings is 1. The Kier molecular flexibility index (Phi) is 7.86. The van der Waals surface area contributed by atoms with Gasteiger partial charge in [-0.15, -0.1) is 0 Å². The Morgan fingerprint density at radius 2 is 1.87 bits per heavy atom. The van der Waals surface area contributed by atoms with Gasteiger partial charge in [-0.3, -0.25) is 33.2 Å². The minimum Gasteiger partial charge on any atom is -0.324 e. The van der Waals surface area contributed by atoms with Crippen molar-refractivity contribution in [2.75, 3.05) is 13.4 Å². The topological polar surface area (TPSA) is 121 Å². The van der Waals surface area contributed by atoms with Crippen LogP contribution in [0.4, 0.5) is 8.78 Å². The summed E-state index contributed by atoms with van der Waals surface area (Å²) in [6, 6.07) is 8.54. The number of amides is 3. The van der Waals surface area contributed by atoms with Crippen molar-refractivity contribution in [3.8, 4) is 0 Å². The van der Waals surface area contributed by atoms with Gasteiger partial charge in [-0.1, -0.05) is 35.9 Å². The lowest BCUT2D eigenvalue weighted by Gasteiger charge is -2.35. The van der Waals surface area contributed by atoms with Crippen molar-refractivity contribution in [3.63, 3.8) is 0 Å². The molecule has 13 heteroatoms. The molecule has 1 saturated heterocycles. The Labute approximate surface area is 221 Å². The van der Waals surface area contributed by atoms with E-state index in [1.807, 2.05) is 0 Å². The maximum absolute atomic E-state index is 14.6. The predicted molar refractivity (Wildman–Crippen MR) is 132 cm³/mol. The Morgan fingerprint density at radius 1 is 1.18 bits per heavy atom. The summed E-state index contributed by atoms with van der Waals surface area (Å²) in [5, 5.41) is 0.276. The van der Waals surface area contributed by atoms with Crippen LogP contribution in [0.3, 0.4) is 0 Å². The lowest BCUT2D eigenvalue weighted by molar-refractivity contribution is -0.155. The van der Waals surface area contributed by atoms with Gasteiger partial charge in [0.25, 0.3) is 11.8 Å². The molecule has 38 heavy (non-hydrogen) atoms. The SMILES string of the molecule is CP(=O)(O)OCN1C(=O)CCC(N2Cc3cc(CCC(=O)C(F)(F)c4ccc(Cl)cc4)ccc3C2=O)C1=O. The summed E-state index contributed by atoms with van der Waals surface area (Å²) in [5.74, 6) is -6.66. The summed E-state index contributed by atoms with van der Waals surface area (Å²) in [5.41, 5.74) is 1.01. The predicted octanol–water partition coefficient (Wildman–Crippen LogP) is 3.90. The molecule has 0 radical (unpaired) electrons. The number of hydrogen-bond acceptors (Lipinski definition) is 6. The third-order valence-electron chi connectivity index (χ3n) is 6.49. The summed E-state index contributed by atoms with van der Waals surface area (Å²) in [7, 11) is -3.94. The van der Waals surface area contributed by atoms with Gasteiger partial charge in [0.15, 0.2) is 0 Å². The average molecular weight is 569 g/mol. The van der Waals surface area contributed by atoms with E-state index in [4.69, 9.17) is 16.1 Å².